The molecule has 0 fully saturated rings. The third-order valence-electron chi connectivity index (χ3n) is 3.20. The van der Waals surface area contributed by atoms with E-state index in [-0.39, 0.29) is 6.03 Å². The van der Waals surface area contributed by atoms with Gasteiger partial charge in [-0.15, -0.1) is 0 Å². The second-order valence-corrected chi connectivity index (χ2v) is 4.91. The van der Waals surface area contributed by atoms with Crippen molar-refractivity contribution in [3.8, 4) is 0 Å². The molecule has 0 spiro atoms. The van der Waals surface area contributed by atoms with Gasteiger partial charge in [0.25, 0.3) is 0 Å². The molecule has 0 saturated carbocycles. The van der Waals surface area contributed by atoms with Crippen LogP contribution in [0.4, 0.5) is 10.5 Å². The number of nitrogens with zero attached hydrogens (tertiary/aromatic N) is 1. The van der Waals surface area contributed by atoms with Crippen molar-refractivity contribution in [2.24, 2.45) is 0 Å². The Morgan fingerprint density at radius 2 is 2.19 bits per heavy atom. The summed E-state index contributed by atoms with van der Waals surface area (Å²) < 4.78 is 0. The Bertz CT molecular complexity index is 626. The van der Waals surface area contributed by atoms with Gasteiger partial charge in [0.2, 0.25) is 0 Å². The first-order valence-electron chi connectivity index (χ1n) is 6.78. The molecule has 0 aliphatic carbocycles. The van der Waals surface area contributed by atoms with E-state index in [0.29, 0.717) is 12.2 Å². The minimum Gasteiger partial charge on any atom is -0.389 e. The molecular weight excluding hydrogens is 266 g/mol. The number of benzene rings is 1. The predicted octanol–water partition coefficient (Wildman–Crippen LogP) is 2.77. The first-order chi connectivity index (χ1) is 10.1. The molecule has 1 heterocycles. The van der Waals surface area contributed by atoms with Crippen LogP contribution in [0, 0.1) is 6.92 Å². The number of hydrogen-bond donors (Lipinski definition) is 3. The summed E-state index contributed by atoms with van der Waals surface area (Å²) in [5.41, 5.74) is 3.47. The number of amides is 2. The molecule has 2 rings (SSSR count). The number of carbonyl (C=O) groups excluding carboxylic acids is 1. The molecule has 0 bridgehead atoms. The number of pyridine rings is 1. The molecule has 21 heavy (non-hydrogen) atoms. The lowest BCUT2D eigenvalue weighted by Gasteiger charge is -2.11. The highest BCUT2D eigenvalue weighted by molar-refractivity contribution is 5.89. The summed E-state index contributed by atoms with van der Waals surface area (Å²) in [6.45, 7) is 4.08. The van der Waals surface area contributed by atoms with Crippen molar-refractivity contribution in [1.82, 2.24) is 10.3 Å². The fourth-order valence-corrected chi connectivity index (χ4v) is 1.93. The molecule has 110 valence electrons. The lowest BCUT2D eigenvalue weighted by atomic mass is 10.1. The van der Waals surface area contributed by atoms with Crippen LogP contribution in [0.2, 0.25) is 0 Å². The van der Waals surface area contributed by atoms with E-state index in [1.54, 1.807) is 37.5 Å². The van der Waals surface area contributed by atoms with Gasteiger partial charge >= 0.3 is 6.03 Å². The third kappa shape index (κ3) is 4.29. The van der Waals surface area contributed by atoms with Crippen LogP contribution in [0.25, 0.3) is 0 Å². The van der Waals surface area contributed by atoms with Crippen LogP contribution in [0.15, 0.2) is 42.7 Å². The van der Waals surface area contributed by atoms with Gasteiger partial charge in [0.15, 0.2) is 0 Å². The Morgan fingerprint density at radius 1 is 1.38 bits per heavy atom. The van der Waals surface area contributed by atoms with Gasteiger partial charge in [0.05, 0.1) is 6.10 Å². The third-order valence-corrected chi connectivity index (χ3v) is 3.20. The zero-order chi connectivity index (χ0) is 15.2. The molecule has 1 atom stereocenters. The Labute approximate surface area is 124 Å². The van der Waals surface area contributed by atoms with Gasteiger partial charge in [-0.25, -0.2) is 4.79 Å². The molecule has 2 amide bonds. The van der Waals surface area contributed by atoms with Crippen LogP contribution in [0.1, 0.15) is 29.7 Å². The van der Waals surface area contributed by atoms with Gasteiger partial charge < -0.3 is 15.7 Å². The smallest absolute Gasteiger partial charge is 0.319 e. The lowest BCUT2D eigenvalue weighted by molar-refractivity contribution is 0.199. The summed E-state index contributed by atoms with van der Waals surface area (Å²) in [4.78, 5) is 15.9. The van der Waals surface area contributed by atoms with Crippen LogP contribution < -0.4 is 10.6 Å². The number of aliphatic hydroxyl groups excluding tert-OH is 1. The summed E-state index contributed by atoms with van der Waals surface area (Å²) in [7, 11) is 0. The average Bonchev–Trinajstić information content (AvgIpc) is 2.46. The van der Waals surface area contributed by atoms with Gasteiger partial charge in [-0.05, 0) is 48.7 Å². The van der Waals surface area contributed by atoms with E-state index in [4.69, 9.17) is 0 Å². The SMILES string of the molecule is Cc1cnccc1CNC(=O)Nc1cccc(C(C)O)c1. The van der Waals surface area contributed by atoms with Crippen LogP contribution in [0.5, 0.6) is 0 Å². The Hall–Kier alpha value is -2.40. The molecule has 1 unspecified atom stereocenters. The Balaban J connectivity index is 1.93. The molecule has 2 aromatic rings. The van der Waals surface area contributed by atoms with Crippen molar-refractivity contribution in [3.63, 3.8) is 0 Å². The molecule has 1 aromatic heterocycles. The highest BCUT2D eigenvalue weighted by atomic mass is 16.3. The standard InChI is InChI=1S/C16H19N3O2/c1-11-9-17-7-6-14(11)10-18-16(21)19-15-5-3-4-13(8-15)12(2)20/h3-9,12,20H,10H2,1-2H3,(H2,18,19,21). The first kappa shape index (κ1) is 15.0. The van der Waals surface area contributed by atoms with E-state index >= 15 is 0 Å². The summed E-state index contributed by atoms with van der Waals surface area (Å²) >= 11 is 0. The van der Waals surface area contributed by atoms with E-state index < -0.39 is 6.10 Å². The van der Waals surface area contributed by atoms with Gasteiger partial charge in [0.1, 0.15) is 0 Å². The van der Waals surface area contributed by atoms with E-state index in [0.717, 1.165) is 16.7 Å². The lowest BCUT2D eigenvalue weighted by Crippen LogP contribution is -2.28. The van der Waals surface area contributed by atoms with E-state index in [1.165, 1.54) is 0 Å². The van der Waals surface area contributed by atoms with Crippen molar-refractivity contribution in [1.29, 1.82) is 0 Å². The quantitative estimate of drug-likeness (QED) is 0.808. The van der Waals surface area contributed by atoms with E-state index in [1.807, 2.05) is 19.1 Å². The highest BCUT2D eigenvalue weighted by Gasteiger charge is 2.05. The fraction of sp³-hybridized carbons (Fsp3) is 0.250. The number of aliphatic hydroxyl groups is 1. The van der Waals surface area contributed by atoms with Gasteiger partial charge in [-0.1, -0.05) is 12.1 Å². The molecule has 0 aliphatic heterocycles. The number of rotatable bonds is 4. The number of hydrogen-bond acceptors (Lipinski definition) is 3. The van der Waals surface area contributed by atoms with Crippen molar-refractivity contribution in [3.05, 3.63) is 59.4 Å². The summed E-state index contributed by atoms with van der Waals surface area (Å²) in [6, 6.07) is 8.74. The summed E-state index contributed by atoms with van der Waals surface area (Å²) in [5, 5.41) is 15.1. The predicted molar refractivity (Wildman–Crippen MR) is 81.9 cm³/mol. The Morgan fingerprint density at radius 3 is 2.90 bits per heavy atom. The molecule has 5 nitrogen and oxygen atoms in total. The molecule has 3 N–H and O–H groups in total. The van der Waals surface area contributed by atoms with Crippen molar-refractivity contribution in [2.75, 3.05) is 5.32 Å². The number of urea groups is 1. The second-order valence-electron chi connectivity index (χ2n) is 4.91. The maximum atomic E-state index is 11.9. The van der Waals surface area contributed by atoms with E-state index in [9.17, 15) is 9.90 Å². The zero-order valence-electron chi connectivity index (χ0n) is 12.1. The number of carbonyl (C=O) groups is 1. The molecule has 5 heteroatoms. The fourth-order valence-electron chi connectivity index (χ4n) is 1.93. The van der Waals surface area contributed by atoms with Crippen molar-refractivity contribution >= 4 is 11.7 Å². The van der Waals surface area contributed by atoms with E-state index in [2.05, 4.69) is 15.6 Å². The van der Waals surface area contributed by atoms with Crippen LogP contribution in [-0.4, -0.2) is 16.1 Å². The molecular formula is C16H19N3O2. The largest absolute Gasteiger partial charge is 0.389 e. The summed E-state index contributed by atoms with van der Waals surface area (Å²) in [6.07, 6.45) is 2.91. The molecule has 1 aromatic carbocycles. The van der Waals surface area contributed by atoms with Crippen LogP contribution >= 0.6 is 0 Å². The minimum absolute atomic E-state index is 0.283. The van der Waals surface area contributed by atoms with Crippen molar-refractivity contribution < 1.29 is 9.90 Å². The zero-order valence-corrected chi connectivity index (χ0v) is 12.1. The molecule has 0 aliphatic rings. The Kier molecular flexibility index (Phi) is 4.90. The van der Waals surface area contributed by atoms with Gasteiger partial charge in [0, 0.05) is 24.6 Å². The highest BCUT2D eigenvalue weighted by Crippen LogP contribution is 2.16. The molecule has 0 saturated heterocycles. The van der Waals surface area contributed by atoms with Crippen LogP contribution in [-0.2, 0) is 6.54 Å². The van der Waals surface area contributed by atoms with Crippen LogP contribution in [0.3, 0.4) is 0 Å². The number of aryl methyl sites for hydroxylation is 1. The average molecular weight is 285 g/mol. The second kappa shape index (κ2) is 6.85. The monoisotopic (exact) mass is 285 g/mol. The number of anilines is 1. The van der Waals surface area contributed by atoms with Gasteiger partial charge in [-0.3, -0.25) is 4.98 Å². The number of nitrogens with one attached hydrogen (secondary N) is 2. The minimum atomic E-state index is -0.561. The summed E-state index contributed by atoms with van der Waals surface area (Å²) in [5.74, 6) is 0. The van der Waals surface area contributed by atoms with Gasteiger partial charge in [-0.2, -0.15) is 0 Å². The topological polar surface area (TPSA) is 74.2 Å². The maximum absolute atomic E-state index is 11.9. The number of aromatic nitrogens is 1. The first-order valence-corrected chi connectivity index (χ1v) is 6.78. The van der Waals surface area contributed by atoms with Crippen molar-refractivity contribution in [2.45, 2.75) is 26.5 Å². The normalized spacial score (nSPS) is 11.8. The molecule has 0 radical (unpaired) electrons. The maximum Gasteiger partial charge on any atom is 0.319 e.